The molecule has 1 aromatic rings. The molecule has 24 heavy (non-hydrogen) atoms. The van der Waals surface area contributed by atoms with Crippen molar-refractivity contribution in [2.24, 2.45) is 5.41 Å². The van der Waals surface area contributed by atoms with E-state index in [-0.39, 0.29) is 11.5 Å². The minimum absolute atomic E-state index is 0.219. The number of para-hydroxylation sites is 1. The Kier molecular flexibility index (Phi) is 6.95. The Hall–Kier alpha value is -2.37. The van der Waals surface area contributed by atoms with Gasteiger partial charge in [0.15, 0.2) is 0 Å². The van der Waals surface area contributed by atoms with E-state index in [2.05, 4.69) is 10.6 Å². The van der Waals surface area contributed by atoms with Crippen LogP contribution in [-0.2, 0) is 9.59 Å². The second-order valence-corrected chi connectivity index (χ2v) is 6.76. The Morgan fingerprint density at radius 1 is 1.17 bits per heavy atom. The van der Waals surface area contributed by atoms with Crippen molar-refractivity contribution in [2.75, 3.05) is 5.32 Å². The molecular formula is C18H26N2O4. The van der Waals surface area contributed by atoms with Crippen LogP contribution in [0.5, 0.6) is 0 Å². The third-order valence-electron chi connectivity index (χ3n) is 3.55. The standard InChI is InChI=1S/C18H26N2O4/c1-5-6-10-14(16(22)23)19-15(21)12-9-7-8-11-13(12)20-17(24)18(2,3)4/h7-9,11,14H,5-6,10H2,1-4H3,(H,19,21)(H,20,24)(H,22,23). The molecule has 0 saturated carbocycles. The fourth-order valence-electron chi connectivity index (χ4n) is 2.00. The molecule has 2 amide bonds. The number of amides is 2. The summed E-state index contributed by atoms with van der Waals surface area (Å²) in [5, 5.41) is 14.5. The number of carboxylic acid groups (broad SMARTS) is 1. The zero-order valence-corrected chi connectivity index (χ0v) is 14.7. The second-order valence-electron chi connectivity index (χ2n) is 6.76. The van der Waals surface area contributed by atoms with Crippen LogP contribution >= 0.6 is 0 Å². The first kappa shape index (κ1) is 19.7. The van der Waals surface area contributed by atoms with Crippen LogP contribution in [0, 0.1) is 5.41 Å². The third kappa shape index (κ3) is 5.68. The lowest BCUT2D eigenvalue weighted by atomic mass is 9.95. The van der Waals surface area contributed by atoms with Gasteiger partial charge < -0.3 is 15.7 Å². The summed E-state index contributed by atoms with van der Waals surface area (Å²) in [5.74, 6) is -1.79. The largest absolute Gasteiger partial charge is 0.480 e. The Balaban J connectivity index is 2.94. The second kappa shape index (κ2) is 8.47. The van der Waals surface area contributed by atoms with Gasteiger partial charge in [-0.3, -0.25) is 9.59 Å². The molecule has 0 aliphatic heterocycles. The van der Waals surface area contributed by atoms with Gasteiger partial charge in [0.25, 0.3) is 5.91 Å². The van der Waals surface area contributed by atoms with Gasteiger partial charge in [0.2, 0.25) is 5.91 Å². The van der Waals surface area contributed by atoms with E-state index in [0.717, 1.165) is 6.42 Å². The van der Waals surface area contributed by atoms with Crippen molar-refractivity contribution < 1.29 is 19.5 Å². The number of carbonyl (C=O) groups is 3. The molecular weight excluding hydrogens is 308 g/mol. The van der Waals surface area contributed by atoms with Crippen LogP contribution in [0.1, 0.15) is 57.3 Å². The number of nitrogens with one attached hydrogen (secondary N) is 2. The maximum atomic E-state index is 12.4. The maximum Gasteiger partial charge on any atom is 0.326 e. The summed E-state index contributed by atoms with van der Waals surface area (Å²) in [7, 11) is 0. The van der Waals surface area contributed by atoms with Crippen LogP contribution in [-0.4, -0.2) is 28.9 Å². The summed E-state index contributed by atoms with van der Waals surface area (Å²) in [6, 6.07) is 5.63. The molecule has 0 bridgehead atoms. The number of anilines is 1. The lowest BCUT2D eigenvalue weighted by molar-refractivity contribution is -0.139. The number of aliphatic carboxylic acids is 1. The van der Waals surface area contributed by atoms with Crippen molar-refractivity contribution in [3.63, 3.8) is 0 Å². The van der Waals surface area contributed by atoms with Crippen molar-refractivity contribution in [3.8, 4) is 0 Å². The minimum Gasteiger partial charge on any atom is -0.480 e. The summed E-state index contributed by atoms with van der Waals surface area (Å²) in [5.41, 5.74) is 0.0151. The van der Waals surface area contributed by atoms with Crippen LogP contribution in [0.15, 0.2) is 24.3 Å². The van der Waals surface area contributed by atoms with Gasteiger partial charge in [0, 0.05) is 5.41 Å². The summed E-state index contributed by atoms with van der Waals surface area (Å²) in [6.45, 7) is 7.28. The van der Waals surface area contributed by atoms with Crippen molar-refractivity contribution in [1.29, 1.82) is 0 Å². The van der Waals surface area contributed by atoms with Crippen molar-refractivity contribution in [1.82, 2.24) is 5.32 Å². The topological polar surface area (TPSA) is 95.5 Å². The number of hydrogen-bond acceptors (Lipinski definition) is 3. The molecule has 1 unspecified atom stereocenters. The maximum absolute atomic E-state index is 12.4. The Labute approximate surface area is 142 Å². The highest BCUT2D eigenvalue weighted by Gasteiger charge is 2.25. The average Bonchev–Trinajstić information content (AvgIpc) is 2.50. The first-order valence-electron chi connectivity index (χ1n) is 8.11. The molecule has 0 saturated heterocycles. The lowest BCUT2D eigenvalue weighted by Crippen LogP contribution is -2.41. The fraction of sp³-hybridized carbons (Fsp3) is 0.500. The van der Waals surface area contributed by atoms with Crippen molar-refractivity contribution in [3.05, 3.63) is 29.8 Å². The molecule has 0 aliphatic rings. The van der Waals surface area contributed by atoms with Gasteiger partial charge in [0.1, 0.15) is 6.04 Å². The van der Waals surface area contributed by atoms with Gasteiger partial charge in [-0.1, -0.05) is 52.7 Å². The number of benzene rings is 1. The number of rotatable bonds is 7. The van der Waals surface area contributed by atoms with Crippen LogP contribution in [0.3, 0.4) is 0 Å². The van der Waals surface area contributed by atoms with Gasteiger partial charge in [0.05, 0.1) is 11.3 Å². The zero-order valence-electron chi connectivity index (χ0n) is 14.7. The highest BCUT2D eigenvalue weighted by Crippen LogP contribution is 2.20. The first-order chi connectivity index (χ1) is 11.2. The quantitative estimate of drug-likeness (QED) is 0.714. The Bertz CT molecular complexity index is 605. The molecule has 6 nitrogen and oxygen atoms in total. The molecule has 0 radical (unpaired) electrons. The molecule has 0 aliphatic carbocycles. The highest BCUT2D eigenvalue weighted by molar-refractivity contribution is 6.05. The van der Waals surface area contributed by atoms with Crippen LogP contribution in [0.4, 0.5) is 5.69 Å². The molecule has 6 heteroatoms. The molecule has 0 heterocycles. The first-order valence-corrected chi connectivity index (χ1v) is 8.11. The summed E-state index contributed by atoms with van der Waals surface area (Å²) in [4.78, 5) is 35.9. The molecule has 0 spiro atoms. The molecule has 1 rings (SSSR count). The molecule has 132 valence electrons. The van der Waals surface area contributed by atoms with E-state index in [1.165, 1.54) is 0 Å². The molecule has 1 aromatic carbocycles. The van der Waals surface area contributed by atoms with Gasteiger partial charge in [-0.2, -0.15) is 0 Å². The van der Waals surface area contributed by atoms with E-state index in [1.54, 1.807) is 45.0 Å². The van der Waals surface area contributed by atoms with Gasteiger partial charge in [-0.05, 0) is 18.6 Å². The van der Waals surface area contributed by atoms with E-state index in [0.29, 0.717) is 18.5 Å². The number of unbranched alkanes of at least 4 members (excludes halogenated alkanes) is 1. The van der Waals surface area contributed by atoms with Crippen LogP contribution in [0.2, 0.25) is 0 Å². The van der Waals surface area contributed by atoms with Gasteiger partial charge in [-0.15, -0.1) is 0 Å². The predicted molar refractivity (Wildman–Crippen MR) is 92.9 cm³/mol. The minimum atomic E-state index is -1.06. The fourth-order valence-corrected chi connectivity index (χ4v) is 2.00. The number of carbonyl (C=O) groups excluding carboxylic acids is 2. The van der Waals surface area contributed by atoms with Gasteiger partial charge in [-0.25, -0.2) is 4.79 Å². The van der Waals surface area contributed by atoms with E-state index >= 15 is 0 Å². The summed E-state index contributed by atoms with van der Waals surface area (Å²) >= 11 is 0. The average molecular weight is 334 g/mol. The number of hydrogen-bond donors (Lipinski definition) is 3. The van der Waals surface area contributed by atoms with Crippen LogP contribution in [0.25, 0.3) is 0 Å². The van der Waals surface area contributed by atoms with E-state index in [4.69, 9.17) is 0 Å². The summed E-state index contributed by atoms with van der Waals surface area (Å²) in [6.07, 6.45) is 1.92. The highest BCUT2D eigenvalue weighted by atomic mass is 16.4. The smallest absolute Gasteiger partial charge is 0.326 e. The third-order valence-corrected chi connectivity index (χ3v) is 3.55. The molecule has 0 aromatic heterocycles. The predicted octanol–water partition coefficient (Wildman–Crippen LogP) is 3.04. The molecule has 3 N–H and O–H groups in total. The van der Waals surface area contributed by atoms with E-state index in [9.17, 15) is 19.5 Å². The van der Waals surface area contributed by atoms with Crippen molar-refractivity contribution in [2.45, 2.75) is 53.0 Å². The lowest BCUT2D eigenvalue weighted by Gasteiger charge is -2.20. The zero-order chi connectivity index (χ0) is 18.3. The molecule has 0 fully saturated rings. The van der Waals surface area contributed by atoms with E-state index < -0.39 is 23.3 Å². The van der Waals surface area contributed by atoms with Gasteiger partial charge >= 0.3 is 5.97 Å². The SMILES string of the molecule is CCCCC(NC(=O)c1ccccc1NC(=O)C(C)(C)C)C(=O)O. The monoisotopic (exact) mass is 334 g/mol. The normalized spacial score (nSPS) is 12.3. The Morgan fingerprint density at radius 2 is 1.79 bits per heavy atom. The summed E-state index contributed by atoms with van der Waals surface area (Å²) < 4.78 is 0. The molecule has 1 atom stereocenters. The number of carboxylic acids is 1. The van der Waals surface area contributed by atoms with Crippen molar-refractivity contribution >= 4 is 23.5 Å². The van der Waals surface area contributed by atoms with Crippen LogP contribution < -0.4 is 10.6 Å². The Morgan fingerprint density at radius 3 is 2.33 bits per heavy atom. The van der Waals surface area contributed by atoms with E-state index in [1.807, 2.05) is 6.92 Å².